The number of nitrogens with one attached hydrogen (secondary N) is 1. The van der Waals surface area contributed by atoms with Crippen LogP contribution in [0.2, 0.25) is 5.02 Å². The van der Waals surface area contributed by atoms with Crippen LogP contribution in [-0.4, -0.2) is 18.0 Å². The van der Waals surface area contributed by atoms with E-state index in [2.05, 4.69) is 25.5 Å². The molecular weight excluding hydrogens is 418 g/mol. The summed E-state index contributed by atoms with van der Waals surface area (Å²) in [6.45, 7) is 6.27. The molecular formula is C23H22ClN3O2S. The first-order chi connectivity index (χ1) is 14.1. The molecule has 2 aromatic heterocycles. The fraction of sp³-hybridized carbons (Fsp3) is 0.174. The molecule has 0 unspecified atom stereocenters. The monoisotopic (exact) mass is 439 g/mol. The minimum absolute atomic E-state index is 0.151. The summed E-state index contributed by atoms with van der Waals surface area (Å²) in [5.74, 6) is 0. The number of pyridine rings is 1. The minimum Gasteiger partial charge on any atom is -0.299 e. The Morgan fingerprint density at radius 3 is 2.37 bits per heavy atom. The molecule has 4 aromatic rings. The van der Waals surface area contributed by atoms with Crippen LogP contribution in [0.5, 0.6) is 0 Å². The lowest BCUT2D eigenvalue weighted by atomic mass is 9.91. The van der Waals surface area contributed by atoms with E-state index in [0.29, 0.717) is 21.7 Å². The van der Waals surface area contributed by atoms with Gasteiger partial charge < -0.3 is 0 Å². The molecule has 30 heavy (non-hydrogen) atoms. The maximum Gasteiger partial charge on any atom is 0.261 e. The molecule has 0 bridgehead atoms. The first-order valence-corrected chi connectivity index (χ1v) is 11.4. The molecule has 154 valence electrons. The molecule has 2 aromatic carbocycles. The van der Waals surface area contributed by atoms with E-state index in [1.807, 2.05) is 34.9 Å². The van der Waals surface area contributed by atoms with Crippen LogP contribution in [0.25, 0.3) is 16.7 Å². The van der Waals surface area contributed by atoms with Crippen LogP contribution in [0.15, 0.2) is 77.8 Å². The molecule has 0 radical (unpaired) electrons. The number of benzene rings is 2. The lowest BCUT2D eigenvalue weighted by Gasteiger charge is -2.18. The van der Waals surface area contributed by atoms with Gasteiger partial charge in [-0.3, -0.25) is 9.29 Å². The first kappa shape index (κ1) is 20.4. The number of halogens is 1. The number of aromatic nitrogens is 2. The van der Waals surface area contributed by atoms with E-state index in [1.165, 1.54) is 0 Å². The third-order valence-electron chi connectivity index (χ3n) is 4.80. The molecule has 0 amide bonds. The highest BCUT2D eigenvalue weighted by Gasteiger charge is 2.21. The van der Waals surface area contributed by atoms with Gasteiger partial charge in [-0.15, -0.1) is 0 Å². The van der Waals surface area contributed by atoms with Gasteiger partial charge in [0.1, 0.15) is 5.65 Å². The average molecular weight is 440 g/mol. The lowest BCUT2D eigenvalue weighted by Crippen LogP contribution is -2.14. The van der Waals surface area contributed by atoms with Gasteiger partial charge in [0.05, 0.1) is 10.6 Å². The number of hydrogen-bond acceptors (Lipinski definition) is 3. The van der Waals surface area contributed by atoms with Crippen molar-refractivity contribution in [3.8, 4) is 5.69 Å². The van der Waals surface area contributed by atoms with Gasteiger partial charge >= 0.3 is 0 Å². The van der Waals surface area contributed by atoms with E-state index in [9.17, 15) is 8.42 Å². The summed E-state index contributed by atoms with van der Waals surface area (Å²) in [5.41, 5.74) is 2.68. The molecule has 1 N–H and O–H groups in total. The number of sulfonamides is 1. The van der Waals surface area contributed by atoms with Crippen LogP contribution in [0.4, 0.5) is 5.69 Å². The summed E-state index contributed by atoms with van der Waals surface area (Å²) < 4.78 is 30.4. The third kappa shape index (κ3) is 3.93. The van der Waals surface area contributed by atoms with Crippen molar-refractivity contribution in [1.29, 1.82) is 0 Å². The molecule has 0 aliphatic heterocycles. The fourth-order valence-corrected chi connectivity index (χ4v) is 4.50. The Balaban J connectivity index is 1.91. The third-order valence-corrected chi connectivity index (χ3v) is 6.42. The zero-order valence-corrected chi connectivity index (χ0v) is 18.5. The molecule has 0 aliphatic rings. The standard InChI is InChI=1S/C23H22ClN3O2S/c1-23(2,3)21-13-12-19-20(26-30(28,29)18-10-5-4-6-11-18)15-27(22(19)25-21)17-9-7-8-16(24)14-17/h4-15,26H,1-3H3. The average Bonchev–Trinajstić information content (AvgIpc) is 3.05. The van der Waals surface area contributed by atoms with Gasteiger partial charge in [-0.1, -0.05) is 56.6 Å². The quantitative estimate of drug-likeness (QED) is 0.438. The van der Waals surface area contributed by atoms with Gasteiger partial charge in [0.25, 0.3) is 10.0 Å². The van der Waals surface area contributed by atoms with Crippen molar-refractivity contribution in [1.82, 2.24) is 9.55 Å². The maximum absolute atomic E-state index is 12.9. The predicted octanol–water partition coefficient (Wildman–Crippen LogP) is 5.78. The van der Waals surface area contributed by atoms with Gasteiger partial charge in [0, 0.05) is 33.4 Å². The van der Waals surface area contributed by atoms with Crippen molar-refractivity contribution >= 4 is 38.3 Å². The molecule has 0 fully saturated rings. The van der Waals surface area contributed by atoms with Crippen molar-refractivity contribution in [3.05, 3.63) is 83.6 Å². The van der Waals surface area contributed by atoms with Crippen molar-refractivity contribution < 1.29 is 8.42 Å². The zero-order chi connectivity index (χ0) is 21.5. The van der Waals surface area contributed by atoms with Crippen molar-refractivity contribution in [2.24, 2.45) is 0 Å². The largest absolute Gasteiger partial charge is 0.299 e. The maximum atomic E-state index is 12.9. The number of fused-ring (bicyclic) bond motifs is 1. The lowest BCUT2D eigenvalue weighted by molar-refractivity contribution is 0.571. The number of rotatable bonds is 4. The Morgan fingerprint density at radius 1 is 0.967 bits per heavy atom. The van der Waals surface area contributed by atoms with Crippen LogP contribution >= 0.6 is 11.6 Å². The van der Waals surface area contributed by atoms with E-state index in [-0.39, 0.29) is 10.3 Å². The molecule has 4 rings (SSSR count). The van der Waals surface area contributed by atoms with Gasteiger partial charge in [-0.2, -0.15) is 0 Å². The highest BCUT2D eigenvalue weighted by atomic mass is 35.5. The van der Waals surface area contributed by atoms with Crippen molar-refractivity contribution in [2.45, 2.75) is 31.1 Å². The van der Waals surface area contributed by atoms with Gasteiger partial charge in [0.15, 0.2) is 0 Å². The van der Waals surface area contributed by atoms with Crippen LogP contribution in [0.1, 0.15) is 26.5 Å². The van der Waals surface area contributed by atoms with Crippen LogP contribution in [0.3, 0.4) is 0 Å². The molecule has 0 saturated heterocycles. The van der Waals surface area contributed by atoms with E-state index in [0.717, 1.165) is 11.4 Å². The summed E-state index contributed by atoms with van der Waals surface area (Å²) in [5, 5.41) is 1.30. The normalized spacial score (nSPS) is 12.3. The van der Waals surface area contributed by atoms with E-state index >= 15 is 0 Å². The Bertz CT molecular complexity index is 1320. The second kappa shape index (κ2) is 7.45. The zero-order valence-electron chi connectivity index (χ0n) is 16.9. The molecule has 0 saturated carbocycles. The van der Waals surface area contributed by atoms with Crippen molar-refractivity contribution in [2.75, 3.05) is 4.72 Å². The Morgan fingerprint density at radius 2 is 1.70 bits per heavy atom. The molecule has 7 heteroatoms. The number of hydrogen-bond donors (Lipinski definition) is 1. The SMILES string of the molecule is CC(C)(C)c1ccc2c(NS(=O)(=O)c3ccccc3)cn(-c3cccc(Cl)c3)c2n1. The summed E-state index contributed by atoms with van der Waals surface area (Å²) in [4.78, 5) is 5.06. The second-order valence-electron chi connectivity index (χ2n) is 8.13. The smallest absolute Gasteiger partial charge is 0.261 e. The van der Waals surface area contributed by atoms with E-state index in [4.69, 9.17) is 16.6 Å². The number of anilines is 1. The van der Waals surface area contributed by atoms with Gasteiger partial charge in [0.2, 0.25) is 0 Å². The molecule has 5 nitrogen and oxygen atoms in total. The Labute approximate surface area is 181 Å². The van der Waals surface area contributed by atoms with Crippen molar-refractivity contribution in [3.63, 3.8) is 0 Å². The molecule has 2 heterocycles. The fourth-order valence-electron chi connectivity index (χ4n) is 3.23. The Hall–Kier alpha value is -2.83. The molecule has 0 aliphatic carbocycles. The topological polar surface area (TPSA) is 64.0 Å². The number of nitrogens with zero attached hydrogens (tertiary/aromatic N) is 2. The Kier molecular flexibility index (Phi) is 5.08. The summed E-state index contributed by atoms with van der Waals surface area (Å²) in [7, 11) is -3.74. The molecule has 0 spiro atoms. The van der Waals surface area contributed by atoms with Crippen LogP contribution in [-0.2, 0) is 15.4 Å². The molecule has 0 atom stereocenters. The summed E-state index contributed by atoms with van der Waals surface area (Å²) in [6.07, 6.45) is 1.75. The second-order valence-corrected chi connectivity index (χ2v) is 10.2. The summed E-state index contributed by atoms with van der Waals surface area (Å²) in [6, 6.07) is 19.5. The summed E-state index contributed by atoms with van der Waals surface area (Å²) >= 11 is 6.20. The van der Waals surface area contributed by atoms with Gasteiger partial charge in [-0.05, 0) is 42.5 Å². The van der Waals surface area contributed by atoms with E-state index in [1.54, 1.807) is 42.6 Å². The highest BCUT2D eigenvalue weighted by molar-refractivity contribution is 7.92. The van der Waals surface area contributed by atoms with Gasteiger partial charge in [-0.25, -0.2) is 13.4 Å². The minimum atomic E-state index is -3.74. The first-order valence-electron chi connectivity index (χ1n) is 9.51. The highest BCUT2D eigenvalue weighted by Crippen LogP contribution is 2.32. The predicted molar refractivity (Wildman–Crippen MR) is 122 cm³/mol. The van der Waals surface area contributed by atoms with Crippen LogP contribution < -0.4 is 4.72 Å². The van der Waals surface area contributed by atoms with Crippen LogP contribution in [0, 0.1) is 0 Å². The van der Waals surface area contributed by atoms with E-state index < -0.39 is 10.0 Å².